The Morgan fingerprint density at radius 3 is 2.02 bits per heavy atom. The van der Waals surface area contributed by atoms with E-state index in [1.54, 1.807) is 42.5 Å². The molecule has 0 fully saturated rings. The summed E-state index contributed by atoms with van der Waals surface area (Å²) in [6.45, 7) is 1.52. The number of sulfonamides is 1. The van der Waals surface area contributed by atoms with E-state index in [4.69, 9.17) is 4.74 Å². The number of ether oxygens (including phenoxy) is 1. The summed E-state index contributed by atoms with van der Waals surface area (Å²) in [4.78, 5) is 29.1. The zero-order chi connectivity index (χ0) is 30.1. The molecule has 9 heteroatoms. The topological polar surface area (TPSA) is 96.0 Å². The van der Waals surface area contributed by atoms with Gasteiger partial charge in [-0.15, -0.1) is 0 Å². The van der Waals surface area contributed by atoms with E-state index in [1.165, 1.54) is 31.2 Å². The molecule has 0 heterocycles. The van der Waals surface area contributed by atoms with Crippen molar-refractivity contribution in [1.82, 2.24) is 10.2 Å². The first kappa shape index (κ1) is 30.3. The highest BCUT2D eigenvalue weighted by Gasteiger charge is 2.35. The molecule has 0 spiro atoms. The van der Waals surface area contributed by atoms with Crippen LogP contribution in [0.5, 0.6) is 5.75 Å². The van der Waals surface area contributed by atoms with Gasteiger partial charge in [-0.05, 0) is 42.3 Å². The van der Waals surface area contributed by atoms with Gasteiger partial charge in [0.05, 0.1) is 17.7 Å². The van der Waals surface area contributed by atoms with Gasteiger partial charge in [-0.25, -0.2) is 8.42 Å². The summed E-state index contributed by atoms with van der Waals surface area (Å²) < 4.78 is 34.6. The minimum Gasteiger partial charge on any atom is -0.495 e. The Bertz CT molecular complexity index is 1590. The van der Waals surface area contributed by atoms with Crippen LogP contribution in [0.4, 0.5) is 5.69 Å². The van der Waals surface area contributed by atoms with E-state index >= 15 is 0 Å². The number of methoxy groups -OCH3 is 1. The van der Waals surface area contributed by atoms with Gasteiger partial charge in [-0.1, -0.05) is 90.5 Å². The third-order valence-electron chi connectivity index (χ3n) is 6.95. The maximum Gasteiger partial charge on any atom is 0.264 e. The predicted molar refractivity (Wildman–Crippen MR) is 164 cm³/mol. The monoisotopic (exact) mass is 585 g/mol. The summed E-state index contributed by atoms with van der Waals surface area (Å²) >= 11 is 0. The minimum absolute atomic E-state index is 0.0286. The van der Waals surface area contributed by atoms with Crippen molar-refractivity contribution in [2.75, 3.05) is 25.0 Å². The van der Waals surface area contributed by atoms with Crippen LogP contribution in [0.15, 0.2) is 114 Å². The second-order valence-corrected chi connectivity index (χ2v) is 11.7. The van der Waals surface area contributed by atoms with E-state index in [0.29, 0.717) is 5.75 Å². The second-order valence-electron chi connectivity index (χ2n) is 9.82. The molecule has 1 N–H and O–H groups in total. The number of nitrogens with zero attached hydrogens (tertiary/aromatic N) is 2. The van der Waals surface area contributed by atoms with Gasteiger partial charge in [0.2, 0.25) is 11.8 Å². The molecule has 8 nitrogen and oxygen atoms in total. The normalized spacial score (nSPS) is 11.8. The number of para-hydroxylation sites is 2. The van der Waals surface area contributed by atoms with E-state index in [-0.39, 0.29) is 29.5 Å². The molecule has 4 rings (SSSR count). The Morgan fingerprint density at radius 2 is 1.40 bits per heavy atom. The number of hydrogen-bond acceptors (Lipinski definition) is 5. The minimum atomic E-state index is -4.20. The average Bonchev–Trinajstić information content (AvgIpc) is 3.02. The smallest absolute Gasteiger partial charge is 0.264 e. The van der Waals surface area contributed by atoms with Crippen LogP contribution in [0.3, 0.4) is 0 Å². The number of rotatable bonds is 12. The summed E-state index contributed by atoms with van der Waals surface area (Å²) in [5.41, 5.74) is 2.95. The number of carbonyl (C=O) groups excluding carboxylic acids is 2. The SMILES string of the molecule is CNC(=O)C(Cc1ccccc1)N(Cc1ccc(C)cc1)C(=O)CN(c1ccccc1OC)S(=O)(=O)c1ccccc1. The zero-order valence-corrected chi connectivity index (χ0v) is 24.8. The van der Waals surface area contributed by atoms with Crippen LogP contribution in [-0.4, -0.2) is 51.9 Å². The number of likely N-dealkylation sites (N-methyl/N-ethyl adjacent to an activating group) is 1. The molecule has 2 amide bonds. The fraction of sp³-hybridized carbons (Fsp3) is 0.212. The molecule has 42 heavy (non-hydrogen) atoms. The largest absolute Gasteiger partial charge is 0.495 e. The summed E-state index contributed by atoms with van der Waals surface area (Å²) in [6, 6.07) is 30.8. The van der Waals surface area contributed by atoms with Crippen molar-refractivity contribution >= 4 is 27.5 Å². The predicted octanol–water partition coefficient (Wildman–Crippen LogP) is 4.59. The maximum atomic E-state index is 14.3. The number of aryl methyl sites for hydroxylation is 1. The van der Waals surface area contributed by atoms with E-state index in [9.17, 15) is 18.0 Å². The molecule has 0 aliphatic rings. The second kappa shape index (κ2) is 13.8. The lowest BCUT2D eigenvalue weighted by atomic mass is 10.0. The van der Waals surface area contributed by atoms with Gasteiger partial charge in [-0.2, -0.15) is 0 Å². The Labute approximate surface area is 247 Å². The van der Waals surface area contributed by atoms with E-state index in [1.807, 2.05) is 61.5 Å². The van der Waals surface area contributed by atoms with Gasteiger partial charge in [-0.3, -0.25) is 13.9 Å². The number of nitrogens with one attached hydrogen (secondary N) is 1. The molecule has 218 valence electrons. The summed E-state index contributed by atoms with van der Waals surface area (Å²) in [6.07, 6.45) is 0.248. The lowest BCUT2D eigenvalue weighted by Crippen LogP contribution is -2.53. The molecule has 4 aromatic carbocycles. The molecular weight excluding hydrogens is 550 g/mol. The molecule has 0 saturated carbocycles. The fourth-order valence-corrected chi connectivity index (χ4v) is 6.13. The molecule has 0 aliphatic carbocycles. The van der Waals surface area contributed by atoms with Crippen molar-refractivity contribution in [1.29, 1.82) is 0 Å². The highest BCUT2D eigenvalue weighted by atomic mass is 32.2. The number of carbonyl (C=O) groups is 2. The lowest BCUT2D eigenvalue weighted by molar-refractivity contribution is -0.139. The van der Waals surface area contributed by atoms with Crippen molar-refractivity contribution in [3.05, 3.63) is 126 Å². The van der Waals surface area contributed by atoms with Gasteiger partial charge in [0.1, 0.15) is 18.3 Å². The van der Waals surface area contributed by atoms with Crippen LogP contribution in [0, 0.1) is 6.92 Å². The third kappa shape index (κ3) is 7.16. The Morgan fingerprint density at radius 1 is 0.810 bits per heavy atom. The van der Waals surface area contributed by atoms with E-state index < -0.39 is 28.5 Å². The van der Waals surface area contributed by atoms with Gasteiger partial charge >= 0.3 is 0 Å². The zero-order valence-electron chi connectivity index (χ0n) is 23.9. The van der Waals surface area contributed by atoms with Crippen molar-refractivity contribution < 1.29 is 22.7 Å². The Kier molecular flexibility index (Phi) is 9.98. The first-order valence-corrected chi connectivity index (χ1v) is 15.0. The molecule has 0 radical (unpaired) electrons. The first-order valence-electron chi connectivity index (χ1n) is 13.6. The van der Waals surface area contributed by atoms with Gasteiger partial charge in [0, 0.05) is 20.0 Å². The number of hydrogen-bond donors (Lipinski definition) is 1. The van der Waals surface area contributed by atoms with E-state index in [2.05, 4.69) is 5.32 Å². The van der Waals surface area contributed by atoms with Crippen LogP contribution in [0.1, 0.15) is 16.7 Å². The van der Waals surface area contributed by atoms with E-state index in [0.717, 1.165) is 21.0 Å². The van der Waals surface area contributed by atoms with Crippen molar-refractivity contribution in [3.8, 4) is 5.75 Å². The summed E-state index contributed by atoms with van der Waals surface area (Å²) in [7, 11) is -1.23. The van der Waals surface area contributed by atoms with Crippen LogP contribution < -0.4 is 14.4 Å². The quantitative estimate of drug-likeness (QED) is 0.263. The van der Waals surface area contributed by atoms with Crippen molar-refractivity contribution in [3.63, 3.8) is 0 Å². The lowest BCUT2D eigenvalue weighted by Gasteiger charge is -2.34. The Hall–Kier alpha value is -4.63. The van der Waals surface area contributed by atoms with Gasteiger partial charge in [0.15, 0.2) is 0 Å². The van der Waals surface area contributed by atoms with Crippen molar-refractivity contribution in [2.24, 2.45) is 0 Å². The molecule has 0 bridgehead atoms. The molecule has 1 unspecified atom stereocenters. The summed E-state index contributed by atoms with van der Waals surface area (Å²) in [5, 5.41) is 2.69. The number of anilines is 1. The summed E-state index contributed by atoms with van der Waals surface area (Å²) in [5.74, 6) is -0.596. The highest BCUT2D eigenvalue weighted by molar-refractivity contribution is 7.92. The van der Waals surface area contributed by atoms with Crippen LogP contribution >= 0.6 is 0 Å². The third-order valence-corrected chi connectivity index (χ3v) is 8.73. The first-order chi connectivity index (χ1) is 20.2. The maximum absolute atomic E-state index is 14.3. The standard InChI is InChI=1S/C33H35N3O5S/c1-25-18-20-27(21-19-25)23-35(30(33(38)34-2)22-26-12-6-4-7-13-26)32(37)24-36(29-16-10-11-17-31(29)41-3)42(39,40)28-14-8-5-9-15-28/h4-21,30H,22-24H2,1-3H3,(H,34,38). The number of benzene rings is 4. The van der Waals surface area contributed by atoms with Crippen LogP contribution in [-0.2, 0) is 32.6 Å². The van der Waals surface area contributed by atoms with Crippen LogP contribution in [0.25, 0.3) is 0 Å². The molecule has 0 aromatic heterocycles. The highest BCUT2D eigenvalue weighted by Crippen LogP contribution is 2.32. The van der Waals surface area contributed by atoms with Gasteiger partial charge in [0.25, 0.3) is 10.0 Å². The van der Waals surface area contributed by atoms with Crippen molar-refractivity contribution in [2.45, 2.75) is 30.8 Å². The van der Waals surface area contributed by atoms with Crippen LogP contribution in [0.2, 0.25) is 0 Å². The molecule has 1 atom stereocenters. The molecular formula is C33H35N3O5S. The van der Waals surface area contributed by atoms with Gasteiger partial charge < -0.3 is 15.0 Å². The fourth-order valence-electron chi connectivity index (χ4n) is 4.68. The molecule has 0 aliphatic heterocycles. The number of amides is 2. The molecule has 4 aromatic rings. The average molecular weight is 586 g/mol. The molecule has 0 saturated heterocycles. The Balaban J connectivity index is 1.80.